The third kappa shape index (κ3) is 4.27. The van der Waals surface area contributed by atoms with E-state index >= 15 is 0 Å². The van der Waals surface area contributed by atoms with Gasteiger partial charge < -0.3 is 25.4 Å². The molecule has 3 rings (SSSR count). The van der Waals surface area contributed by atoms with E-state index in [1.54, 1.807) is 4.57 Å². The second-order valence-electron chi connectivity index (χ2n) is 7.55. The van der Waals surface area contributed by atoms with E-state index in [4.69, 9.17) is 15.2 Å². The van der Waals surface area contributed by atoms with Crippen molar-refractivity contribution in [2.24, 2.45) is 0 Å². The number of rotatable bonds is 7. The topological polar surface area (TPSA) is 129 Å². The first-order chi connectivity index (χ1) is 12.7. The van der Waals surface area contributed by atoms with Gasteiger partial charge in [0.1, 0.15) is 12.2 Å². The van der Waals surface area contributed by atoms with Gasteiger partial charge in [-0.2, -0.15) is 9.97 Å². The first-order valence-electron chi connectivity index (χ1n) is 9.03. The minimum atomic E-state index is -1.25. The number of anilines is 1. The van der Waals surface area contributed by atoms with Crippen molar-refractivity contribution in [2.45, 2.75) is 44.3 Å². The molecule has 1 saturated heterocycles. The summed E-state index contributed by atoms with van der Waals surface area (Å²) in [6.45, 7) is 5.47. The Bertz CT molecular complexity index is 851. The quantitative estimate of drug-likeness (QED) is 0.588. The molecule has 3 heterocycles. The minimum Gasteiger partial charge on any atom is -0.476 e. The number of hydrogen-bond acceptors (Lipinski definition) is 8. The van der Waals surface area contributed by atoms with E-state index in [1.165, 1.54) is 6.33 Å². The number of imidazole rings is 1. The number of nitrogen functional groups attached to an aromatic ring is 1. The summed E-state index contributed by atoms with van der Waals surface area (Å²) < 4.78 is 13.1. The normalized spacial score (nSPS) is 26.0. The van der Waals surface area contributed by atoms with Gasteiger partial charge in [-0.15, -0.1) is 13.2 Å². The molecule has 0 aromatic carbocycles. The molecule has 0 radical (unpaired) electrons. The van der Waals surface area contributed by atoms with Gasteiger partial charge in [0.05, 0.1) is 19.0 Å². The van der Waals surface area contributed by atoms with Crippen molar-refractivity contribution in [2.75, 3.05) is 31.8 Å². The van der Waals surface area contributed by atoms with E-state index < -0.39 is 31.4 Å². The van der Waals surface area contributed by atoms with Crippen molar-refractivity contribution in [3.63, 3.8) is 0 Å². The van der Waals surface area contributed by atoms with Gasteiger partial charge in [-0.25, -0.2) is 4.98 Å². The summed E-state index contributed by atoms with van der Waals surface area (Å²) >= 11 is 0. The van der Waals surface area contributed by atoms with Crippen LogP contribution in [-0.4, -0.2) is 80.4 Å². The maximum absolute atomic E-state index is 10.5. The Kier molecular flexibility index (Phi) is 5.76. The fourth-order valence-corrected chi connectivity index (χ4v) is 4.02. The van der Waals surface area contributed by atoms with Gasteiger partial charge in [-0.3, -0.25) is 4.57 Å². The fourth-order valence-electron chi connectivity index (χ4n) is 3.07. The first kappa shape index (κ1) is 20.1. The fraction of sp³-hybridized carbons (Fsp3) is 0.647. The minimum absolute atomic E-state index is 0.0449. The number of hydrogen-bond donors (Lipinski definition) is 3. The molecule has 10 heteroatoms. The Morgan fingerprint density at radius 1 is 1.33 bits per heavy atom. The molecule has 9 nitrogen and oxygen atoms in total. The average Bonchev–Trinajstić information content (AvgIpc) is 3.12. The van der Waals surface area contributed by atoms with Crippen molar-refractivity contribution in [1.29, 1.82) is 0 Å². The zero-order valence-electron chi connectivity index (χ0n) is 15.9. The molecule has 150 valence electrons. The van der Waals surface area contributed by atoms with Crippen LogP contribution >= 0.6 is 6.89 Å². The monoisotopic (exact) mass is 397 g/mol. The van der Waals surface area contributed by atoms with Crippen LogP contribution in [0.2, 0.25) is 0 Å². The molecule has 2 aromatic heterocycles. The lowest BCUT2D eigenvalue weighted by atomic mass is 10.1. The summed E-state index contributed by atoms with van der Waals surface area (Å²) in [7, 11) is 0. The van der Waals surface area contributed by atoms with Crippen molar-refractivity contribution >= 4 is 30.3 Å². The summed E-state index contributed by atoms with van der Waals surface area (Å²) in [6.07, 6.45) is 4.61. The summed E-state index contributed by atoms with van der Waals surface area (Å²) in [4.78, 5) is 12.6. The molecule has 1 fully saturated rings. The highest BCUT2D eigenvalue weighted by Crippen LogP contribution is 2.40. The van der Waals surface area contributed by atoms with Gasteiger partial charge in [-0.05, 0) is 32.3 Å². The molecule has 4 atom stereocenters. The third-order valence-corrected chi connectivity index (χ3v) is 5.95. The standard InChI is InChI=1S/C17H28N5O4P/c1-5-7-25-15-11-14(20-17(18)21-15)22(9-19-11)16-13(24)12(23)10(26-16)6-8-27(2,3)4/h9-10,12-13,16,23-24H,2,5-8H2,1,3-4H3,(H2,18,20,21)/t10-,12-,13-,16?/m1/s1. The Morgan fingerprint density at radius 3 is 2.74 bits per heavy atom. The van der Waals surface area contributed by atoms with Crippen LogP contribution in [0.1, 0.15) is 26.0 Å². The summed E-state index contributed by atoms with van der Waals surface area (Å²) in [5, 5.41) is 21.0. The Hall–Kier alpha value is -1.67. The second kappa shape index (κ2) is 7.75. The molecule has 4 N–H and O–H groups in total. The van der Waals surface area contributed by atoms with Crippen molar-refractivity contribution in [1.82, 2.24) is 19.5 Å². The average molecular weight is 397 g/mol. The van der Waals surface area contributed by atoms with Crippen molar-refractivity contribution in [3.05, 3.63) is 6.33 Å². The smallest absolute Gasteiger partial charge is 0.247 e. The molecule has 2 aromatic rings. The van der Waals surface area contributed by atoms with E-state index in [0.717, 1.165) is 12.6 Å². The number of aliphatic hydroxyl groups excluding tert-OH is 2. The van der Waals surface area contributed by atoms with Crippen LogP contribution in [0.5, 0.6) is 5.88 Å². The van der Waals surface area contributed by atoms with E-state index in [9.17, 15) is 10.2 Å². The predicted molar refractivity (Wildman–Crippen MR) is 107 cm³/mol. The number of ether oxygens (including phenoxy) is 2. The molecular formula is C17H28N5O4P. The predicted octanol–water partition coefficient (Wildman–Crippen LogP) is 0.916. The zero-order valence-corrected chi connectivity index (χ0v) is 16.8. The van der Waals surface area contributed by atoms with Crippen LogP contribution in [0.4, 0.5) is 5.95 Å². The first-order valence-corrected chi connectivity index (χ1v) is 12.1. The highest BCUT2D eigenvalue weighted by atomic mass is 31.2. The maximum Gasteiger partial charge on any atom is 0.247 e. The number of fused-ring (bicyclic) bond motifs is 1. The van der Waals surface area contributed by atoms with E-state index in [1.807, 2.05) is 6.92 Å². The van der Waals surface area contributed by atoms with Crippen molar-refractivity contribution in [3.8, 4) is 5.88 Å². The summed E-state index contributed by atoms with van der Waals surface area (Å²) in [5.74, 6) is 0.342. The highest BCUT2D eigenvalue weighted by Gasteiger charge is 2.44. The molecule has 0 amide bonds. The molecule has 1 unspecified atom stereocenters. The molecule has 0 spiro atoms. The van der Waals surface area contributed by atoms with Gasteiger partial charge in [0.25, 0.3) is 0 Å². The van der Waals surface area contributed by atoms with Crippen LogP contribution in [0.3, 0.4) is 0 Å². The number of nitrogens with zero attached hydrogens (tertiary/aromatic N) is 4. The van der Waals surface area contributed by atoms with Crippen LogP contribution in [0.25, 0.3) is 11.2 Å². The van der Waals surface area contributed by atoms with Gasteiger partial charge in [0, 0.05) is 0 Å². The maximum atomic E-state index is 10.5. The highest BCUT2D eigenvalue weighted by molar-refractivity contribution is 7.72. The van der Waals surface area contributed by atoms with E-state index in [-0.39, 0.29) is 5.95 Å². The molecule has 1 aliphatic heterocycles. The molecular weight excluding hydrogens is 369 g/mol. The summed E-state index contributed by atoms with van der Waals surface area (Å²) in [6, 6.07) is 0. The lowest BCUT2D eigenvalue weighted by molar-refractivity contribution is -0.0353. The molecule has 0 bridgehead atoms. The third-order valence-electron chi connectivity index (χ3n) is 4.48. The van der Waals surface area contributed by atoms with Crippen LogP contribution in [0.15, 0.2) is 6.33 Å². The molecule has 1 aliphatic rings. The van der Waals surface area contributed by atoms with Gasteiger partial charge in [0.15, 0.2) is 17.4 Å². The van der Waals surface area contributed by atoms with E-state index in [0.29, 0.717) is 30.1 Å². The lowest BCUT2D eigenvalue weighted by Gasteiger charge is -2.18. The van der Waals surface area contributed by atoms with Crippen molar-refractivity contribution < 1.29 is 19.7 Å². The molecule has 0 aliphatic carbocycles. The Labute approximate surface area is 158 Å². The SMILES string of the molecule is C=P(C)(C)CC[C@H]1OC(n2cnc3c(OCCC)nc(N)nc32)[C@H](O)[C@@H]1O. The number of aromatic nitrogens is 4. The zero-order chi connectivity index (χ0) is 19.8. The molecule has 0 saturated carbocycles. The Balaban J connectivity index is 1.88. The summed E-state index contributed by atoms with van der Waals surface area (Å²) in [5.41, 5.74) is 6.65. The molecule has 27 heavy (non-hydrogen) atoms. The second-order valence-corrected chi connectivity index (χ2v) is 11.9. The Morgan fingerprint density at radius 2 is 2.07 bits per heavy atom. The lowest BCUT2D eigenvalue weighted by Crippen LogP contribution is -2.31. The number of nitrogens with two attached hydrogens (primary N) is 1. The van der Waals surface area contributed by atoms with Crippen LogP contribution in [-0.2, 0) is 4.74 Å². The van der Waals surface area contributed by atoms with Gasteiger partial charge in [-0.1, -0.05) is 6.92 Å². The van der Waals surface area contributed by atoms with E-state index in [2.05, 4.69) is 34.6 Å². The number of aliphatic hydroxyl groups is 2. The van der Waals surface area contributed by atoms with Gasteiger partial charge in [0.2, 0.25) is 11.8 Å². The van der Waals surface area contributed by atoms with Crippen LogP contribution < -0.4 is 10.5 Å². The van der Waals surface area contributed by atoms with Gasteiger partial charge >= 0.3 is 0 Å². The largest absolute Gasteiger partial charge is 0.476 e. The van der Waals surface area contributed by atoms with Crippen LogP contribution in [0, 0.1) is 0 Å².